The van der Waals surface area contributed by atoms with Crippen LogP contribution in [0.1, 0.15) is 72.3 Å². The molecule has 0 spiro atoms. The van der Waals surface area contributed by atoms with E-state index in [0.717, 1.165) is 95.5 Å². The van der Waals surface area contributed by atoms with Crippen LogP contribution in [0.4, 0.5) is 5.69 Å². The molecule has 2 aromatic carbocycles. The van der Waals surface area contributed by atoms with Gasteiger partial charge in [-0.15, -0.1) is 6.42 Å². The van der Waals surface area contributed by atoms with Crippen molar-refractivity contribution in [3.63, 3.8) is 0 Å². The van der Waals surface area contributed by atoms with Gasteiger partial charge in [0, 0.05) is 71.8 Å². The van der Waals surface area contributed by atoms with Crippen molar-refractivity contribution in [1.29, 1.82) is 0 Å². The number of nitrogens with zero attached hydrogens (tertiary/aromatic N) is 2. The van der Waals surface area contributed by atoms with Gasteiger partial charge in [-0.2, -0.15) is 0 Å². The Morgan fingerprint density at radius 3 is 2.61 bits per heavy atom. The predicted molar refractivity (Wildman–Crippen MR) is 150 cm³/mol. The second-order valence-corrected chi connectivity index (χ2v) is 11.8. The third kappa shape index (κ3) is 3.67. The Morgan fingerprint density at radius 2 is 1.92 bits per heavy atom. The van der Waals surface area contributed by atoms with Crippen LogP contribution in [-0.4, -0.2) is 67.2 Å². The fourth-order valence-electron chi connectivity index (χ4n) is 6.74. The number of fused-ring (bicyclic) bond motifs is 4. The van der Waals surface area contributed by atoms with E-state index in [2.05, 4.69) is 40.6 Å². The van der Waals surface area contributed by atoms with Gasteiger partial charge in [-0.3, -0.25) is 9.69 Å². The summed E-state index contributed by atoms with van der Waals surface area (Å²) in [6, 6.07) is 10.9. The number of piperazine rings is 1. The first-order valence-corrected chi connectivity index (χ1v) is 14.0. The highest BCUT2D eigenvalue weighted by molar-refractivity contribution is 6.20. The number of anilines is 1. The average Bonchev–Trinajstić information content (AvgIpc) is 3.54. The summed E-state index contributed by atoms with van der Waals surface area (Å²) < 4.78 is 12.2. The van der Waals surface area contributed by atoms with Gasteiger partial charge in [0.1, 0.15) is 11.9 Å². The molecule has 1 N–H and O–H groups in total. The zero-order valence-corrected chi connectivity index (χ0v) is 22.3. The molecule has 2 aliphatic heterocycles. The van der Waals surface area contributed by atoms with Crippen LogP contribution >= 0.6 is 0 Å². The molecule has 2 saturated heterocycles. The fraction of sp³-hybridized carbons (Fsp3) is 0.469. The van der Waals surface area contributed by atoms with Crippen molar-refractivity contribution in [2.75, 3.05) is 44.3 Å². The smallest absolute Gasteiger partial charge is 0.195 e. The Hall–Kier alpha value is -3.27. The van der Waals surface area contributed by atoms with E-state index >= 15 is 0 Å². The molecule has 0 radical (unpaired) electrons. The zero-order valence-electron chi connectivity index (χ0n) is 22.3. The van der Waals surface area contributed by atoms with Crippen LogP contribution in [0.3, 0.4) is 0 Å². The van der Waals surface area contributed by atoms with Crippen molar-refractivity contribution >= 4 is 22.4 Å². The van der Waals surface area contributed by atoms with Gasteiger partial charge in [0.15, 0.2) is 5.78 Å². The highest BCUT2D eigenvalue weighted by Gasteiger charge is 2.41. The molecular formula is C32H35N3O3. The molecule has 0 bridgehead atoms. The minimum absolute atomic E-state index is 0.0144. The number of ketones is 1. The Bertz CT molecular complexity index is 1460. The van der Waals surface area contributed by atoms with Crippen molar-refractivity contribution in [3.8, 4) is 18.1 Å². The van der Waals surface area contributed by atoms with Crippen molar-refractivity contribution in [2.24, 2.45) is 0 Å². The number of H-pyrrole nitrogens is 1. The molecule has 2 aliphatic carbocycles. The molecule has 3 heterocycles. The summed E-state index contributed by atoms with van der Waals surface area (Å²) in [4.78, 5) is 22.8. The lowest BCUT2D eigenvalue weighted by Gasteiger charge is -2.44. The normalized spacial score (nSPS) is 23.1. The number of terminal acetylenes is 1. The van der Waals surface area contributed by atoms with Crippen LogP contribution in [0.5, 0.6) is 5.75 Å². The third-order valence-corrected chi connectivity index (χ3v) is 9.26. The quantitative estimate of drug-likeness (QED) is 0.509. The highest BCUT2D eigenvalue weighted by Crippen LogP contribution is 2.47. The largest absolute Gasteiger partial charge is 0.486 e. The molecule has 1 aromatic heterocycles. The minimum Gasteiger partial charge on any atom is -0.486 e. The highest BCUT2D eigenvalue weighted by atomic mass is 16.5. The molecule has 6 heteroatoms. The Kier molecular flexibility index (Phi) is 5.58. The van der Waals surface area contributed by atoms with E-state index in [1.807, 2.05) is 24.3 Å². The molecule has 1 unspecified atom stereocenters. The third-order valence-electron chi connectivity index (χ3n) is 9.26. The van der Waals surface area contributed by atoms with E-state index in [9.17, 15) is 4.79 Å². The number of carbonyl (C=O) groups is 1. The topological polar surface area (TPSA) is 57.8 Å². The van der Waals surface area contributed by atoms with Gasteiger partial charge in [-0.1, -0.05) is 32.3 Å². The van der Waals surface area contributed by atoms with E-state index in [0.29, 0.717) is 6.61 Å². The second-order valence-electron chi connectivity index (χ2n) is 11.8. The van der Waals surface area contributed by atoms with Crippen molar-refractivity contribution in [2.45, 2.75) is 57.1 Å². The SMILES string of the molecule is C#Cc1ccc2c3c([nH]c2c1)C(C)(C)c1cc(N2CCN(C4CCC4)CC2)c(OC2CCOC2)cc1C3=O. The molecular weight excluding hydrogens is 474 g/mol. The molecule has 1 atom stereocenters. The van der Waals surface area contributed by atoms with Crippen molar-refractivity contribution in [1.82, 2.24) is 9.88 Å². The maximum atomic E-state index is 14.1. The minimum atomic E-state index is -0.384. The number of ether oxygens (including phenoxy) is 2. The summed E-state index contributed by atoms with van der Waals surface area (Å²) in [5.74, 6) is 3.56. The summed E-state index contributed by atoms with van der Waals surface area (Å²) in [5.41, 5.74) is 5.91. The molecule has 7 rings (SSSR count). The number of hydrogen-bond acceptors (Lipinski definition) is 5. The summed E-state index contributed by atoms with van der Waals surface area (Å²) in [7, 11) is 0. The van der Waals surface area contributed by atoms with Gasteiger partial charge in [-0.05, 0) is 42.7 Å². The number of rotatable bonds is 4. The Labute approximate surface area is 224 Å². The van der Waals surface area contributed by atoms with Crippen molar-refractivity contribution < 1.29 is 14.3 Å². The van der Waals surface area contributed by atoms with Gasteiger partial charge in [-0.25, -0.2) is 0 Å². The fourth-order valence-corrected chi connectivity index (χ4v) is 6.74. The molecule has 38 heavy (non-hydrogen) atoms. The summed E-state index contributed by atoms with van der Waals surface area (Å²) >= 11 is 0. The number of aromatic amines is 1. The van der Waals surface area contributed by atoms with Gasteiger partial charge in [0.2, 0.25) is 0 Å². The van der Waals surface area contributed by atoms with Gasteiger partial charge in [0.25, 0.3) is 0 Å². The molecule has 3 aromatic rings. The molecule has 4 aliphatic rings. The van der Waals surface area contributed by atoms with Gasteiger partial charge in [0.05, 0.1) is 24.5 Å². The van der Waals surface area contributed by atoms with E-state index in [1.165, 1.54) is 19.3 Å². The number of hydrogen-bond donors (Lipinski definition) is 1. The van der Waals surface area contributed by atoms with Crippen LogP contribution in [0.25, 0.3) is 10.9 Å². The van der Waals surface area contributed by atoms with Crippen LogP contribution in [0.15, 0.2) is 30.3 Å². The lowest BCUT2D eigenvalue weighted by Crippen LogP contribution is -2.52. The first kappa shape index (κ1) is 23.8. The second kappa shape index (κ2) is 8.90. The molecule has 3 fully saturated rings. The van der Waals surface area contributed by atoms with Gasteiger partial charge < -0.3 is 19.4 Å². The number of carbonyl (C=O) groups excluding carboxylic acids is 1. The number of aromatic nitrogens is 1. The first-order chi connectivity index (χ1) is 18.4. The lowest BCUT2D eigenvalue weighted by atomic mass is 9.71. The lowest BCUT2D eigenvalue weighted by molar-refractivity contribution is 0.103. The standard InChI is InChI=1S/C32H35N3O3/c1-4-20-8-9-23-26(16-20)33-31-29(23)30(36)24-17-28(38-22-10-15-37-19-22)27(18-25(24)32(31,2)3)35-13-11-34(12-14-35)21-6-5-7-21/h1,8-9,16-18,21-22,33H,5-7,10-15,19H2,2-3H3. The maximum Gasteiger partial charge on any atom is 0.195 e. The summed E-state index contributed by atoms with van der Waals surface area (Å²) in [6.07, 6.45) is 10.6. The molecule has 196 valence electrons. The van der Waals surface area contributed by atoms with Crippen molar-refractivity contribution in [3.05, 3.63) is 58.3 Å². The van der Waals surface area contributed by atoms with E-state index in [-0.39, 0.29) is 17.3 Å². The molecule has 0 amide bonds. The number of benzene rings is 2. The predicted octanol–water partition coefficient (Wildman–Crippen LogP) is 4.86. The maximum absolute atomic E-state index is 14.1. The zero-order chi connectivity index (χ0) is 26.0. The van der Waals surface area contributed by atoms with Crippen LogP contribution in [0.2, 0.25) is 0 Å². The van der Waals surface area contributed by atoms with E-state index in [1.54, 1.807) is 0 Å². The van der Waals surface area contributed by atoms with Crippen LogP contribution in [0, 0.1) is 12.3 Å². The Morgan fingerprint density at radius 1 is 1.11 bits per heavy atom. The average molecular weight is 510 g/mol. The monoisotopic (exact) mass is 509 g/mol. The Balaban J connectivity index is 1.31. The summed E-state index contributed by atoms with van der Waals surface area (Å²) in [5, 5.41) is 0.922. The first-order valence-electron chi connectivity index (χ1n) is 14.0. The molecule has 1 saturated carbocycles. The van der Waals surface area contributed by atoms with Gasteiger partial charge >= 0.3 is 0 Å². The van der Waals surface area contributed by atoms with E-state index in [4.69, 9.17) is 15.9 Å². The van der Waals surface area contributed by atoms with Crippen LogP contribution in [-0.2, 0) is 10.2 Å². The number of nitrogens with one attached hydrogen (secondary N) is 1. The summed E-state index contributed by atoms with van der Waals surface area (Å²) in [6.45, 7) is 9.79. The van der Waals surface area contributed by atoms with Crippen LogP contribution < -0.4 is 9.64 Å². The van der Waals surface area contributed by atoms with E-state index < -0.39 is 0 Å². The molecule has 6 nitrogen and oxygen atoms in total.